The van der Waals surface area contributed by atoms with E-state index in [1.165, 1.54) is 5.56 Å². The van der Waals surface area contributed by atoms with Crippen molar-refractivity contribution in [3.05, 3.63) is 57.6 Å². The Balaban J connectivity index is 2.23. The molecule has 0 bridgehead atoms. The van der Waals surface area contributed by atoms with Crippen LogP contribution in [0.5, 0.6) is 0 Å². The summed E-state index contributed by atoms with van der Waals surface area (Å²) in [5.74, 6) is 0.829. The first kappa shape index (κ1) is 13.2. The molecule has 3 nitrogen and oxygen atoms in total. The molecule has 1 heterocycles. The van der Waals surface area contributed by atoms with Crippen molar-refractivity contribution in [1.82, 2.24) is 9.97 Å². The van der Waals surface area contributed by atoms with Gasteiger partial charge in [0.1, 0.15) is 5.82 Å². The van der Waals surface area contributed by atoms with Gasteiger partial charge >= 0.3 is 0 Å². The summed E-state index contributed by atoms with van der Waals surface area (Å²) in [4.78, 5) is 8.89. The van der Waals surface area contributed by atoms with E-state index in [0.717, 1.165) is 28.0 Å². The average molecular weight is 306 g/mol. The molecular weight excluding hydrogens is 290 g/mol. The quantitative estimate of drug-likeness (QED) is 0.947. The average Bonchev–Trinajstić information content (AvgIpc) is 2.28. The fraction of sp³-hybridized carbons (Fsp3) is 0.286. The molecule has 2 aromatic rings. The lowest BCUT2D eigenvalue weighted by Gasteiger charge is -2.09. The summed E-state index contributed by atoms with van der Waals surface area (Å²) in [6, 6.07) is 8.16. The SMILES string of the molecule is Cc1nc(Cc2cccc(Br)c2)ncc1[C@@H](C)N. The monoisotopic (exact) mass is 305 g/mol. The predicted molar refractivity (Wildman–Crippen MR) is 76.3 cm³/mol. The fourth-order valence-corrected chi connectivity index (χ4v) is 2.33. The number of nitrogens with two attached hydrogens (primary N) is 1. The second-order valence-corrected chi connectivity index (χ2v) is 5.34. The van der Waals surface area contributed by atoms with Crippen molar-refractivity contribution in [3.63, 3.8) is 0 Å². The lowest BCUT2D eigenvalue weighted by atomic mass is 10.1. The van der Waals surface area contributed by atoms with E-state index in [4.69, 9.17) is 5.73 Å². The van der Waals surface area contributed by atoms with E-state index in [1.54, 1.807) is 0 Å². The van der Waals surface area contributed by atoms with E-state index < -0.39 is 0 Å². The van der Waals surface area contributed by atoms with Gasteiger partial charge in [-0.2, -0.15) is 0 Å². The lowest BCUT2D eigenvalue weighted by Crippen LogP contribution is -2.10. The van der Waals surface area contributed by atoms with Crippen molar-refractivity contribution < 1.29 is 0 Å². The molecule has 1 aromatic carbocycles. The number of aromatic nitrogens is 2. The number of aryl methyl sites for hydroxylation is 1. The first-order valence-electron chi connectivity index (χ1n) is 5.88. The molecule has 2 rings (SSSR count). The van der Waals surface area contributed by atoms with Crippen LogP contribution in [-0.4, -0.2) is 9.97 Å². The second-order valence-electron chi connectivity index (χ2n) is 4.42. The first-order valence-corrected chi connectivity index (χ1v) is 6.68. The standard InChI is InChI=1S/C14H16BrN3/c1-9(16)13-8-17-14(18-10(13)2)7-11-4-3-5-12(15)6-11/h3-6,8-9H,7,16H2,1-2H3/t9-/m1/s1. The zero-order valence-corrected chi connectivity index (χ0v) is 12.1. The summed E-state index contributed by atoms with van der Waals surface area (Å²) < 4.78 is 1.07. The maximum Gasteiger partial charge on any atom is 0.132 e. The van der Waals surface area contributed by atoms with Crippen LogP contribution in [0.2, 0.25) is 0 Å². The van der Waals surface area contributed by atoms with Gasteiger partial charge in [-0.15, -0.1) is 0 Å². The highest BCUT2D eigenvalue weighted by molar-refractivity contribution is 9.10. The second kappa shape index (κ2) is 5.59. The van der Waals surface area contributed by atoms with E-state index in [0.29, 0.717) is 0 Å². The van der Waals surface area contributed by atoms with Gasteiger partial charge in [-0.05, 0) is 31.5 Å². The lowest BCUT2D eigenvalue weighted by molar-refractivity contribution is 0.777. The summed E-state index contributed by atoms with van der Waals surface area (Å²) in [6.07, 6.45) is 2.57. The van der Waals surface area contributed by atoms with Gasteiger partial charge in [0.05, 0.1) is 0 Å². The zero-order valence-electron chi connectivity index (χ0n) is 10.5. The highest BCUT2D eigenvalue weighted by Crippen LogP contribution is 2.16. The third kappa shape index (κ3) is 3.15. The minimum atomic E-state index is -0.0232. The maximum atomic E-state index is 5.85. The van der Waals surface area contributed by atoms with E-state index in [2.05, 4.69) is 38.0 Å². The zero-order chi connectivity index (χ0) is 13.1. The Hall–Kier alpha value is -1.26. The summed E-state index contributed by atoms with van der Waals surface area (Å²) in [6.45, 7) is 3.92. The van der Waals surface area contributed by atoms with Crippen LogP contribution >= 0.6 is 15.9 Å². The van der Waals surface area contributed by atoms with E-state index >= 15 is 0 Å². The molecule has 1 atom stereocenters. The van der Waals surface area contributed by atoms with Crippen LogP contribution in [0.3, 0.4) is 0 Å². The van der Waals surface area contributed by atoms with Gasteiger partial charge in [0.15, 0.2) is 0 Å². The fourth-order valence-electron chi connectivity index (χ4n) is 1.89. The molecule has 4 heteroatoms. The number of benzene rings is 1. The molecule has 0 aliphatic carbocycles. The Bertz CT molecular complexity index is 552. The molecule has 94 valence electrons. The number of hydrogen-bond acceptors (Lipinski definition) is 3. The van der Waals surface area contributed by atoms with Crippen molar-refractivity contribution in [2.75, 3.05) is 0 Å². The molecule has 0 radical (unpaired) electrons. The number of hydrogen-bond donors (Lipinski definition) is 1. The topological polar surface area (TPSA) is 51.8 Å². The van der Waals surface area contributed by atoms with Crippen molar-refractivity contribution in [2.45, 2.75) is 26.3 Å². The van der Waals surface area contributed by atoms with Crippen LogP contribution in [0.25, 0.3) is 0 Å². The molecule has 0 spiro atoms. The van der Waals surface area contributed by atoms with Gasteiger partial charge in [-0.3, -0.25) is 0 Å². The van der Waals surface area contributed by atoms with Gasteiger partial charge in [0.2, 0.25) is 0 Å². The molecule has 1 aromatic heterocycles. The van der Waals surface area contributed by atoms with Gasteiger partial charge in [0, 0.05) is 34.4 Å². The maximum absolute atomic E-state index is 5.85. The molecule has 0 aliphatic rings. The molecule has 0 aliphatic heterocycles. The summed E-state index contributed by atoms with van der Waals surface area (Å²) in [5.41, 5.74) is 9.01. The van der Waals surface area contributed by atoms with E-state index in [9.17, 15) is 0 Å². The molecular formula is C14H16BrN3. The van der Waals surface area contributed by atoms with Gasteiger partial charge in [-0.25, -0.2) is 9.97 Å². The predicted octanol–water partition coefficient (Wildman–Crippen LogP) is 3.16. The third-order valence-electron chi connectivity index (χ3n) is 2.81. The minimum absolute atomic E-state index is 0.0232. The van der Waals surface area contributed by atoms with Crippen molar-refractivity contribution in [1.29, 1.82) is 0 Å². The summed E-state index contributed by atoms with van der Waals surface area (Å²) in [5, 5.41) is 0. The van der Waals surface area contributed by atoms with Crippen LogP contribution < -0.4 is 5.73 Å². The third-order valence-corrected chi connectivity index (χ3v) is 3.30. The van der Waals surface area contributed by atoms with Crippen LogP contribution in [0, 0.1) is 6.92 Å². The van der Waals surface area contributed by atoms with Gasteiger partial charge < -0.3 is 5.73 Å². The Morgan fingerprint density at radius 1 is 1.39 bits per heavy atom. The van der Waals surface area contributed by atoms with Crippen molar-refractivity contribution in [3.8, 4) is 0 Å². The molecule has 0 saturated carbocycles. The number of rotatable bonds is 3. The number of halogens is 1. The number of nitrogens with zero attached hydrogens (tertiary/aromatic N) is 2. The molecule has 0 saturated heterocycles. The van der Waals surface area contributed by atoms with Crippen LogP contribution in [0.4, 0.5) is 0 Å². The summed E-state index contributed by atoms with van der Waals surface area (Å²) >= 11 is 3.46. The smallest absolute Gasteiger partial charge is 0.132 e. The normalized spacial score (nSPS) is 12.4. The largest absolute Gasteiger partial charge is 0.324 e. The van der Waals surface area contributed by atoms with E-state index in [-0.39, 0.29) is 6.04 Å². The van der Waals surface area contributed by atoms with Gasteiger partial charge in [0.25, 0.3) is 0 Å². The van der Waals surface area contributed by atoms with Crippen molar-refractivity contribution in [2.24, 2.45) is 5.73 Å². The van der Waals surface area contributed by atoms with Crippen LogP contribution in [-0.2, 0) is 6.42 Å². The summed E-state index contributed by atoms with van der Waals surface area (Å²) in [7, 11) is 0. The molecule has 0 fully saturated rings. The molecule has 0 amide bonds. The van der Waals surface area contributed by atoms with Crippen LogP contribution in [0.15, 0.2) is 34.9 Å². The Labute approximate surface area is 116 Å². The highest BCUT2D eigenvalue weighted by Gasteiger charge is 2.07. The highest BCUT2D eigenvalue weighted by atomic mass is 79.9. The van der Waals surface area contributed by atoms with Gasteiger partial charge in [-0.1, -0.05) is 28.1 Å². The van der Waals surface area contributed by atoms with E-state index in [1.807, 2.05) is 32.2 Å². The minimum Gasteiger partial charge on any atom is -0.324 e. The molecule has 0 unspecified atom stereocenters. The molecule has 2 N–H and O–H groups in total. The first-order chi connectivity index (χ1) is 8.56. The Morgan fingerprint density at radius 3 is 2.78 bits per heavy atom. The Morgan fingerprint density at radius 2 is 2.17 bits per heavy atom. The van der Waals surface area contributed by atoms with Crippen molar-refractivity contribution >= 4 is 15.9 Å². The van der Waals surface area contributed by atoms with Crippen LogP contribution in [0.1, 0.15) is 35.6 Å². The molecule has 18 heavy (non-hydrogen) atoms. The Kier molecular flexibility index (Phi) is 4.09.